The second kappa shape index (κ2) is 8.88. The predicted octanol–water partition coefficient (Wildman–Crippen LogP) is 6.00. The smallest absolute Gasteiger partial charge is 0.282 e. The van der Waals surface area contributed by atoms with E-state index in [0.717, 1.165) is 16.7 Å². The van der Waals surface area contributed by atoms with Crippen LogP contribution in [0.3, 0.4) is 0 Å². The molecule has 0 aliphatic heterocycles. The standard InChI is InChI=1S/C23H17Cl2FN4O/c1-14-2-6-16(7-3-14)21-28-23(27-13-15-4-9-18(26)10-5-15)30(29-21)22(31)19-11-8-17(24)12-20(19)25/h2-12H,13H2,1H3,(H,27,28,29). The topological polar surface area (TPSA) is 59.8 Å². The molecule has 156 valence electrons. The minimum atomic E-state index is -0.450. The second-order valence-electron chi connectivity index (χ2n) is 6.95. The molecule has 1 heterocycles. The Hall–Kier alpha value is -3.22. The van der Waals surface area contributed by atoms with Gasteiger partial charge in [0.1, 0.15) is 5.82 Å². The fourth-order valence-electron chi connectivity index (χ4n) is 2.95. The van der Waals surface area contributed by atoms with Crippen molar-refractivity contribution in [3.63, 3.8) is 0 Å². The highest BCUT2D eigenvalue weighted by Gasteiger charge is 2.21. The molecule has 1 N–H and O–H groups in total. The van der Waals surface area contributed by atoms with E-state index < -0.39 is 5.91 Å². The highest BCUT2D eigenvalue weighted by atomic mass is 35.5. The zero-order chi connectivity index (χ0) is 22.0. The highest BCUT2D eigenvalue weighted by molar-refractivity contribution is 6.36. The summed E-state index contributed by atoms with van der Waals surface area (Å²) in [5.41, 5.74) is 2.94. The van der Waals surface area contributed by atoms with Crippen molar-refractivity contribution in [2.24, 2.45) is 0 Å². The average molecular weight is 455 g/mol. The number of nitrogens with zero attached hydrogens (tertiary/aromatic N) is 3. The van der Waals surface area contributed by atoms with Crippen LogP contribution in [0.2, 0.25) is 10.0 Å². The molecule has 0 saturated heterocycles. The van der Waals surface area contributed by atoms with Gasteiger partial charge in [0.05, 0.1) is 10.6 Å². The van der Waals surface area contributed by atoms with Crippen molar-refractivity contribution in [3.05, 3.63) is 99.3 Å². The van der Waals surface area contributed by atoms with Crippen LogP contribution in [0.1, 0.15) is 21.5 Å². The summed E-state index contributed by atoms with van der Waals surface area (Å²) in [5.74, 6) is -0.133. The van der Waals surface area contributed by atoms with E-state index in [1.807, 2.05) is 31.2 Å². The van der Waals surface area contributed by atoms with Gasteiger partial charge in [0.15, 0.2) is 5.82 Å². The van der Waals surface area contributed by atoms with Gasteiger partial charge in [-0.25, -0.2) is 4.39 Å². The molecule has 1 aromatic heterocycles. The SMILES string of the molecule is Cc1ccc(-c2nc(NCc3ccc(F)cc3)n(C(=O)c3ccc(Cl)cc3Cl)n2)cc1. The van der Waals surface area contributed by atoms with Gasteiger partial charge in [0.25, 0.3) is 5.91 Å². The first kappa shape index (κ1) is 21.0. The Morgan fingerprint density at radius 2 is 1.74 bits per heavy atom. The van der Waals surface area contributed by atoms with E-state index in [2.05, 4.69) is 15.4 Å². The largest absolute Gasteiger partial charge is 0.350 e. The number of benzene rings is 3. The van der Waals surface area contributed by atoms with Crippen LogP contribution in [0.4, 0.5) is 10.3 Å². The number of anilines is 1. The molecular weight excluding hydrogens is 438 g/mol. The molecule has 0 amide bonds. The minimum Gasteiger partial charge on any atom is -0.350 e. The lowest BCUT2D eigenvalue weighted by molar-refractivity contribution is 0.0947. The lowest BCUT2D eigenvalue weighted by Gasteiger charge is -2.08. The molecule has 8 heteroatoms. The number of aromatic nitrogens is 3. The van der Waals surface area contributed by atoms with Crippen molar-refractivity contribution in [1.29, 1.82) is 0 Å². The maximum atomic E-state index is 13.2. The van der Waals surface area contributed by atoms with Crippen molar-refractivity contribution in [3.8, 4) is 11.4 Å². The summed E-state index contributed by atoms with van der Waals surface area (Å²) in [6.45, 7) is 2.31. The predicted molar refractivity (Wildman–Crippen MR) is 120 cm³/mol. The summed E-state index contributed by atoms with van der Waals surface area (Å²) in [6.07, 6.45) is 0. The van der Waals surface area contributed by atoms with Crippen molar-refractivity contribution >= 4 is 35.1 Å². The first-order valence-corrected chi connectivity index (χ1v) is 10.2. The molecule has 4 aromatic rings. The second-order valence-corrected chi connectivity index (χ2v) is 7.79. The van der Waals surface area contributed by atoms with Crippen LogP contribution in [0.25, 0.3) is 11.4 Å². The maximum Gasteiger partial charge on any atom is 0.282 e. The number of hydrogen-bond donors (Lipinski definition) is 1. The fraction of sp³-hybridized carbons (Fsp3) is 0.0870. The first-order chi connectivity index (χ1) is 14.9. The van der Waals surface area contributed by atoms with Crippen LogP contribution in [-0.4, -0.2) is 20.7 Å². The molecule has 3 aromatic carbocycles. The number of rotatable bonds is 5. The lowest BCUT2D eigenvalue weighted by Crippen LogP contribution is -2.18. The summed E-state index contributed by atoms with van der Waals surface area (Å²) in [5, 5.41) is 8.17. The molecule has 0 unspecified atom stereocenters. The minimum absolute atomic E-state index is 0.217. The molecule has 0 bridgehead atoms. The van der Waals surface area contributed by atoms with Crippen molar-refractivity contribution < 1.29 is 9.18 Å². The molecule has 0 spiro atoms. The van der Waals surface area contributed by atoms with Crippen molar-refractivity contribution in [1.82, 2.24) is 14.8 Å². The number of hydrogen-bond acceptors (Lipinski definition) is 4. The zero-order valence-corrected chi connectivity index (χ0v) is 18.0. The summed E-state index contributed by atoms with van der Waals surface area (Å²) >= 11 is 12.2. The number of carbonyl (C=O) groups is 1. The molecule has 0 saturated carbocycles. The van der Waals surface area contributed by atoms with Gasteiger partial charge >= 0.3 is 0 Å². The number of carbonyl (C=O) groups excluding carboxylic acids is 1. The highest BCUT2D eigenvalue weighted by Crippen LogP contribution is 2.24. The molecule has 31 heavy (non-hydrogen) atoms. The molecule has 5 nitrogen and oxygen atoms in total. The van der Waals surface area contributed by atoms with Gasteiger partial charge in [-0.05, 0) is 42.8 Å². The van der Waals surface area contributed by atoms with E-state index in [1.165, 1.54) is 22.9 Å². The van der Waals surface area contributed by atoms with E-state index in [-0.39, 0.29) is 22.4 Å². The third-order valence-corrected chi connectivity index (χ3v) is 5.18. The monoisotopic (exact) mass is 454 g/mol. The molecular formula is C23H17Cl2FN4O. The van der Waals surface area contributed by atoms with Crippen LogP contribution in [0.5, 0.6) is 0 Å². The van der Waals surface area contributed by atoms with Crippen LogP contribution >= 0.6 is 23.2 Å². The summed E-state index contributed by atoms with van der Waals surface area (Å²) in [6, 6.07) is 18.4. The van der Waals surface area contributed by atoms with Gasteiger partial charge in [-0.1, -0.05) is 65.2 Å². The van der Waals surface area contributed by atoms with Crippen LogP contribution in [0.15, 0.2) is 66.7 Å². The van der Waals surface area contributed by atoms with Crippen LogP contribution < -0.4 is 5.32 Å². The Labute approximate surface area is 188 Å². The van der Waals surface area contributed by atoms with Crippen LogP contribution in [0, 0.1) is 12.7 Å². The van der Waals surface area contributed by atoms with Gasteiger partial charge in [-0.3, -0.25) is 4.79 Å². The van der Waals surface area contributed by atoms with Gasteiger partial charge < -0.3 is 5.32 Å². The molecule has 0 aliphatic carbocycles. The van der Waals surface area contributed by atoms with Gasteiger partial charge in [-0.15, -0.1) is 5.10 Å². The first-order valence-electron chi connectivity index (χ1n) is 9.43. The zero-order valence-electron chi connectivity index (χ0n) is 16.4. The molecule has 0 atom stereocenters. The normalized spacial score (nSPS) is 10.8. The number of nitrogens with one attached hydrogen (secondary N) is 1. The summed E-state index contributed by atoms with van der Waals surface area (Å²) in [7, 11) is 0. The number of halogens is 3. The van der Waals surface area contributed by atoms with Gasteiger partial charge in [0, 0.05) is 17.1 Å². The third-order valence-electron chi connectivity index (χ3n) is 4.63. The summed E-state index contributed by atoms with van der Waals surface area (Å²) in [4.78, 5) is 17.7. The lowest BCUT2D eigenvalue weighted by atomic mass is 10.1. The van der Waals surface area contributed by atoms with Crippen molar-refractivity contribution in [2.75, 3.05) is 5.32 Å². The Bertz CT molecular complexity index is 1240. The Balaban J connectivity index is 1.71. The van der Waals surface area contributed by atoms with Crippen molar-refractivity contribution in [2.45, 2.75) is 13.5 Å². The Kier molecular flexibility index (Phi) is 6.02. The number of aryl methyl sites for hydroxylation is 1. The molecule has 0 radical (unpaired) electrons. The van der Waals surface area contributed by atoms with Gasteiger partial charge in [0.2, 0.25) is 5.95 Å². The fourth-order valence-corrected chi connectivity index (χ4v) is 3.44. The summed E-state index contributed by atoms with van der Waals surface area (Å²) < 4.78 is 14.4. The van der Waals surface area contributed by atoms with Crippen LogP contribution in [-0.2, 0) is 6.54 Å². The molecule has 4 rings (SSSR count). The Morgan fingerprint density at radius 3 is 2.42 bits per heavy atom. The van der Waals surface area contributed by atoms with E-state index in [4.69, 9.17) is 23.2 Å². The molecule has 0 fully saturated rings. The van der Waals surface area contributed by atoms with E-state index in [9.17, 15) is 9.18 Å². The van der Waals surface area contributed by atoms with E-state index in [0.29, 0.717) is 17.4 Å². The van der Waals surface area contributed by atoms with E-state index >= 15 is 0 Å². The van der Waals surface area contributed by atoms with Gasteiger partial charge in [-0.2, -0.15) is 9.67 Å². The quantitative estimate of drug-likeness (QED) is 0.401. The maximum absolute atomic E-state index is 13.2. The Morgan fingerprint density at radius 1 is 1.03 bits per heavy atom. The molecule has 0 aliphatic rings. The average Bonchev–Trinajstić information content (AvgIpc) is 3.18. The van der Waals surface area contributed by atoms with E-state index in [1.54, 1.807) is 24.3 Å². The third kappa shape index (κ3) is 4.76.